The zero-order valence-electron chi connectivity index (χ0n) is 17.4. The van der Waals surface area contributed by atoms with Crippen molar-refractivity contribution in [2.75, 3.05) is 7.05 Å². The van der Waals surface area contributed by atoms with E-state index in [0.29, 0.717) is 14.3 Å². The maximum absolute atomic E-state index is 11.0. The van der Waals surface area contributed by atoms with E-state index in [9.17, 15) is 5.11 Å². The minimum absolute atomic E-state index is 0.0468. The summed E-state index contributed by atoms with van der Waals surface area (Å²) in [5, 5.41) is 17.6. The number of halogens is 1. The van der Waals surface area contributed by atoms with Crippen LogP contribution in [0.3, 0.4) is 0 Å². The van der Waals surface area contributed by atoms with Gasteiger partial charge in [-0.05, 0) is 27.8 Å². The van der Waals surface area contributed by atoms with Gasteiger partial charge in [0.2, 0.25) is 0 Å². The average Bonchev–Trinajstić information content (AvgIpc) is 2.58. The molecule has 0 heterocycles. The van der Waals surface area contributed by atoms with Crippen LogP contribution in [0.1, 0.15) is 58.2 Å². The molecule has 2 rings (SSSR count). The summed E-state index contributed by atoms with van der Waals surface area (Å²) in [4.78, 5) is 0. The van der Waals surface area contributed by atoms with E-state index in [1.165, 1.54) is 35.8 Å². The van der Waals surface area contributed by atoms with Crippen molar-refractivity contribution >= 4 is 28.5 Å². The SMILES string of the molecule is C[N-]Cc1ccccc1Pc1cc(C(C)(C)C)cc(C(C)(C)C)c1O.[Cl][Ti+]. The molecule has 146 valence electrons. The normalized spacial score (nSPS) is 12.1. The standard InChI is InChI=1S/C22H31NOP.ClH.Ti/c1-21(2,3)16-12-17(22(4,5)6)20(24)19(13-16)25-18-11-9-8-10-15(18)14-23-7;;/h8-13,24-25H,14H2,1-7H3;1H;/q-1;;+2/p-1. The zero-order valence-corrected chi connectivity index (χ0v) is 20.8. The number of nitrogens with zero attached hydrogens (tertiary/aromatic N) is 1. The Labute approximate surface area is 182 Å². The molecule has 0 spiro atoms. The van der Waals surface area contributed by atoms with E-state index in [1.807, 2.05) is 7.05 Å². The van der Waals surface area contributed by atoms with Crippen LogP contribution in [-0.4, -0.2) is 12.2 Å². The maximum atomic E-state index is 11.0. The summed E-state index contributed by atoms with van der Waals surface area (Å²) in [6, 6.07) is 12.8. The Bertz CT molecular complexity index is 751. The van der Waals surface area contributed by atoms with Gasteiger partial charge in [-0.3, -0.25) is 0 Å². The summed E-state index contributed by atoms with van der Waals surface area (Å²) >= 11 is 1.47. The van der Waals surface area contributed by atoms with Crippen molar-refractivity contribution in [2.45, 2.75) is 58.9 Å². The Morgan fingerprint density at radius 3 is 2.07 bits per heavy atom. The summed E-state index contributed by atoms with van der Waals surface area (Å²) in [7, 11) is 6.91. The first kappa shape index (κ1) is 24.7. The Balaban J connectivity index is 0.00000176. The van der Waals surface area contributed by atoms with Gasteiger partial charge in [0.15, 0.2) is 0 Å². The molecule has 1 N–H and O–H groups in total. The van der Waals surface area contributed by atoms with Gasteiger partial charge in [0.1, 0.15) is 5.75 Å². The van der Waals surface area contributed by atoms with Crippen LogP contribution in [0.25, 0.3) is 5.32 Å². The predicted octanol–water partition coefficient (Wildman–Crippen LogP) is 5.81. The Hall–Kier alpha value is -0.366. The molecular weight excluding hydrogens is 409 g/mol. The van der Waals surface area contributed by atoms with Gasteiger partial charge >= 0.3 is 28.7 Å². The number of aromatic hydroxyl groups is 1. The third-order valence-corrected chi connectivity index (χ3v) is 5.81. The molecule has 0 saturated heterocycles. The van der Waals surface area contributed by atoms with Crippen LogP contribution in [0.5, 0.6) is 5.75 Å². The third kappa shape index (κ3) is 6.88. The van der Waals surface area contributed by atoms with Gasteiger partial charge in [-0.2, -0.15) is 7.05 Å². The fourth-order valence-electron chi connectivity index (χ4n) is 2.83. The van der Waals surface area contributed by atoms with E-state index in [4.69, 9.17) is 0 Å². The summed E-state index contributed by atoms with van der Waals surface area (Å²) in [5.74, 6) is 0.446. The zero-order chi connectivity index (χ0) is 20.8. The van der Waals surface area contributed by atoms with Gasteiger partial charge in [-0.1, -0.05) is 86.0 Å². The second kappa shape index (κ2) is 10.4. The van der Waals surface area contributed by atoms with Crippen LogP contribution in [0, 0.1) is 0 Å². The minimum atomic E-state index is -0.0944. The Kier molecular flexibility index (Phi) is 9.52. The molecule has 1 unspecified atom stereocenters. The molecule has 2 nitrogen and oxygen atoms in total. The van der Waals surface area contributed by atoms with Gasteiger partial charge in [0.05, 0.1) is 0 Å². The molecule has 0 fully saturated rings. The monoisotopic (exact) mass is 439 g/mol. The van der Waals surface area contributed by atoms with Crippen LogP contribution in [-0.2, 0) is 36.7 Å². The first-order valence-electron chi connectivity index (χ1n) is 9.01. The molecule has 0 aromatic heterocycles. The summed E-state index contributed by atoms with van der Waals surface area (Å²) < 4.78 is 0. The fourth-order valence-corrected chi connectivity index (χ4v) is 4.10. The van der Waals surface area contributed by atoms with E-state index < -0.39 is 0 Å². The number of benzene rings is 2. The second-order valence-corrected chi connectivity index (χ2v) is 10.0. The molecule has 1 atom stereocenters. The Morgan fingerprint density at radius 1 is 0.963 bits per heavy atom. The van der Waals surface area contributed by atoms with E-state index >= 15 is 0 Å². The van der Waals surface area contributed by atoms with Crippen LogP contribution in [0.4, 0.5) is 0 Å². The second-order valence-electron chi connectivity index (χ2n) is 8.68. The topological polar surface area (TPSA) is 34.3 Å². The molecule has 27 heavy (non-hydrogen) atoms. The van der Waals surface area contributed by atoms with Crippen molar-refractivity contribution in [1.82, 2.24) is 0 Å². The molecule has 2 aromatic rings. The van der Waals surface area contributed by atoms with Gasteiger partial charge in [0.25, 0.3) is 0 Å². The van der Waals surface area contributed by atoms with Crippen molar-refractivity contribution in [1.29, 1.82) is 0 Å². The van der Waals surface area contributed by atoms with E-state index in [1.54, 1.807) is 0 Å². The molecule has 5 heteroatoms. The Morgan fingerprint density at radius 2 is 1.56 bits per heavy atom. The van der Waals surface area contributed by atoms with Gasteiger partial charge in [-0.25, -0.2) is 0 Å². The van der Waals surface area contributed by atoms with Crippen LogP contribution in [0.15, 0.2) is 36.4 Å². The quantitative estimate of drug-likeness (QED) is 0.473. The van der Waals surface area contributed by atoms with Gasteiger partial charge in [0, 0.05) is 10.9 Å². The third-order valence-electron chi connectivity index (χ3n) is 4.40. The number of hydrogen-bond acceptors (Lipinski definition) is 1. The van der Waals surface area contributed by atoms with E-state index in [-0.39, 0.29) is 10.8 Å². The first-order chi connectivity index (χ1) is 12.5. The number of phenolic OH excluding ortho intramolecular Hbond substituents is 1. The number of phenols is 1. The molecular formula is C22H31ClNOPTi. The van der Waals surface area contributed by atoms with Crippen LogP contribution in [0.2, 0.25) is 0 Å². The summed E-state index contributed by atoms with van der Waals surface area (Å²) in [5.41, 5.74) is 3.49. The fraction of sp³-hybridized carbons (Fsp3) is 0.455. The van der Waals surface area contributed by atoms with Crippen molar-refractivity contribution in [3.05, 3.63) is 58.4 Å². The average molecular weight is 440 g/mol. The molecule has 0 bridgehead atoms. The van der Waals surface area contributed by atoms with Gasteiger partial charge in [-0.15, -0.1) is 6.54 Å². The van der Waals surface area contributed by atoms with Crippen molar-refractivity contribution in [2.24, 2.45) is 0 Å². The molecule has 0 aliphatic carbocycles. The molecule has 0 radical (unpaired) electrons. The number of hydrogen-bond donors (Lipinski definition) is 1. The predicted molar refractivity (Wildman–Crippen MR) is 118 cm³/mol. The van der Waals surface area contributed by atoms with Crippen molar-refractivity contribution in [3.63, 3.8) is 0 Å². The van der Waals surface area contributed by atoms with Crippen LogP contribution >= 0.6 is 17.9 Å². The molecule has 0 amide bonds. The molecule has 0 aliphatic rings. The molecule has 2 aromatic carbocycles. The van der Waals surface area contributed by atoms with Crippen LogP contribution < -0.4 is 10.6 Å². The molecule has 0 aliphatic heterocycles. The summed E-state index contributed by atoms with van der Waals surface area (Å²) in [6.45, 7) is 13.9. The first-order valence-corrected chi connectivity index (χ1v) is 12.2. The van der Waals surface area contributed by atoms with Gasteiger partial charge < -0.3 is 10.4 Å². The van der Waals surface area contributed by atoms with E-state index in [0.717, 1.165) is 17.4 Å². The van der Waals surface area contributed by atoms with E-state index in [2.05, 4.69) is 92.6 Å². The van der Waals surface area contributed by atoms with Crippen molar-refractivity contribution < 1.29 is 24.5 Å². The summed E-state index contributed by atoms with van der Waals surface area (Å²) in [6.07, 6.45) is 0. The number of rotatable bonds is 4. The molecule has 0 saturated carbocycles. The van der Waals surface area contributed by atoms with Crippen molar-refractivity contribution in [3.8, 4) is 5.75 Å².